The molecule has 0 amide bonds. The Bertz CT molecular complexity index is 390. The van der Waals surface area contributed by atoms with E-state index in [9.17, 15) is 4.79 Å². The molecule has 1 aliphatic carbocycles. The van der Waals surface area contributed by atoms with E-state index in [-0.39, 0.29) is 0 Å². The number of unbranched alkanes of at least 4 members (excludes halogenated alkanes) is 9. The van der Waals surface area contributed by atoms with Gasteiger partial charge in [-0.15, -0.1) is 0 Å². The van der Waals surface area contributed by atoms with Crippen LogP contribution >= 0.6 is 11.8 Å². The zero-order valence-corrected chi connectivity index (χ0v) is 20.5. The lowest BCUT2D eigenvalue weighted by Gasteiger charge is -2.23. The van der Waals surface area contributed by atoms with E-state index in [0.717, 1.165) is 47.9 Å². The molecule has 0 aromatic carbocycles. The summed E-state index contributed by atoms with van der Waals surface area (Å²) in [5.41, 5.74) is 0. The van der Waals surface area contributed by atoms with Gasteiger partial charge in [0.1, 0.15) is 0 Å². The Kier molecular flexibility index (Phi) is 14.7. The Morgan fingerprint density at radius 2 is 1.32 bits per heavy atom. The summed E-state index contributed by atoms with van der Waals surface area (Å²) in [5.74, 6) is 3.15. The molecule has 0 aromatic rings. The molecule has 28 heavy (non-hydrogen) atoms. The van der Waals surface area contributed by atoms with Crippen LogP contribution in [0.5, 0.6) is 0 Å². The van der Waals surface area contributed by atoms with Gasteiger partial charge < -0.3 is 4.48 Å². The van der Waals surface area contributed by atoms with Gasteiger partial charge in [0.25, 0.3) is 0 Å². The number of quaternary nitrogens is 1. The van der Waals surface area contributed by atoms with E-state index in [1.807, 2.05) is 0 Å². The summed E-state index contributed by atoms with van der Waals surface area (Å²) in [6, 6.07) is 0. The molecular formula is C25H50NOS+. The number of carbonyl (C=O) groups excluding carboxylic acids is 1. The van der Waals surface area contributed by atoms with Gasteiger partial charge in [-0.1, -0.05) is 95.7 Å². The molecule has 0 saturated heterocycles. The molecule has 2 nitrogen and oxygen atoms in total. The van der Waals surface area contributed by atoms with Crippen molar-refractivity contribution < 1.29 is 9.28 Å². The third-order valence-corrected chi connectivity index (χ3v) is 7.21. The van der Waals surface area contributed by atoms with Crippen LogP contribution in [0.15, 0.2) is 0 Å². The fraction of sp³-hybridized carbons (Fsp3) is 0.960. The molecule has 0 aliphatic heterocycles. The third kappa shape index (κ3) is 15.9. The van der Waals surface area contributed by atoms with Gasteiger partial charge in [-0.2, -0.15) is 0 Å². The predicted octanol–water partition coefficient (Wildman–Crippen LogP) is 7.46. The van der Waals surface area contributed by atoms with Crippen molar-refractivity contribution >= 4 is 16.9 Å². The van der Waals surface area contributed by atoms with Gasteiger partial charge in [0, 0.05) is 18.6 Å². The molecule has 0 aromatic heterocycles. The van der Waals surface area contributed by atoms with E-state index in [1.165, 1.54) is 83.5 Å². The average Bonchev–Trinajstić information content (AvgIpc) is 3.38. The molecule has 2 atom stereocenters. The first kappa shape index (κ1) is 26.0. The highest BCUT2D eigenvalue weighted by Gasteiger charge is 2.34. The highest BCUT2D eigenvalue weighted by Crippen LogP contribution is 2.45. The van der Waals surface area contributed by atoms with Crippen LogP contribution in [0.25, 0.3) is 0 Å². The molecule has 0 N–H and O–H groups in total. The molecule has 1 rings (SSSR count). The van der Waals surface area contributed by atoms with E-state index in [2.05, 4.69) is 28.1 Å². The van der Waals surface area contributed by atoms with Gasteiger partial charge in [0.2, 0.25) is 0 Å². The Hall–Kier alpha value is -0.0200. The van der Waals surface area contributed by atoms with Crippen LogP contribution in [0.1, 0.15) is 110 Å². The van der Waals surface area contributed by atoms with Gasteiger partial charge >= 0.3 is 0 Å². The maximum absolute atomic E-state index is 11.9. The monoisotopic (exact) mass is 412 g/mol. The minimum absolute atomic E-state index is 0.414. The first-order valence-corrected chi connectivity index (χ1v) is 13.4. The van der Waals surface area contributed by atoms with Gasteiger partial charge in [-0.05, 0) is 24.7 Å². The van der Waals surface area contributed by atoms with Crippen LogP contribution in [-0.2, 0) is 4.79 Å². The number of hydrogen-bond acceptors (Lipinski definition) is 2. The second-order valence-corrected chi connectivity index (χ2v) is 11.4. The number of nitrogens with zero attached hydrogens (tertiary/aromatic N) is 1. The molecule has 0 bridgehead atoms. The Morgan fingerprint density at radius 3 is 1.89 bits per heavy atom. The van der Waals surface area contributed by atoms with E-state index >= 15 is 0 Å². The van der Waals surface area contributed by atoms with Crippen molar-refractivity contribution in [3.63, 3.8) is 0 Å². The van der Waals surface area contributed by atoms with Gasteiger partial charge in [-0.25, -0.2) is 0 Å². The second-order valence-electron chi connectivity index (χ2n) is 10.2. The fourth-order valence-corrected chi connectivity index (χ4v) is 5.00. The van der Waals surface area contributed by atoms with Crippen LogP contribution in [-0.4, -0.2) is 43.0 Å². The smallest absolute Gasteiger partial charge is 0.188 e. The maximum atomic E-state index is 11.9. The predicted molar refractivity (Wildman–Crippen MR) is 127 cm³/mol. The second kappa shape index (κ2) is 15.8. The SMILES string of the molecule is CCCCCCCCC1CC1CCCCCCCC(=O)SCCC[N+](C)(C)C. The molecular weight excluding hydrogens is 362 g/mol. The minimum atomic E-state index is 0.414. The first-order chi connectivity index (χ1) is 13.4. The zero-order chi connectivity index (χ0) is 20.7. The molecule has 1 saturated carbocycles. The van der Waals surface area contributed by atoms with Crippen LogP contribution in [0.4, 0.5) is 0 Å². The number of thioether (sulfide) groups is 1. The van der Waals surface area contributed by atoms with Crippen LogP contribution < -0.4 is 0 Å². The summed E-state index contributed by atoms with van der Waals surface area (Å²) in [6.07, 6.45) is 21.6. The minimum Gasteiger partial charge on any atom is -0.331 e. The quantitative estimate of drug-likeness (QED) is 0.162. The van der Waals surface area contributed by atoms with Crippen molar-refractivity contribution in [1.29, 1.82) is 0 Å². The molecule has 3 heteroatoms. The fourth-order valence-electron chi connectivity index (χ4n) is 4.21. The van der Waals surface area contributed by atoms with Crippen molar-refractivity contribution in [2.45, 2.75) is 110 Å². The van der Waals surface area contributed by atoms with Crippen LogP contribution in [0.2, 0.25) is 0 Å². The Balaban J connectivity index is 1.79. The highest BCUT2D eigenvalue weighted by molar-refractivity contribution is 8.13. The summed E-state index contributed by atoms with van der Waals surface area (Å²) >= 11 is 1.56. The van der Waals surface area contributed by atoms with E-state index < -0.39 is 0 Å². The largest absolute Gasteiger partial charge is 0.331 e. The Morgan fingerprint density at radius 1 is 0.786 bits per heavy atom. The summed E-state index contributed by atoms with van der Waals surface area (Å²) in [7, 11) is 6.64. The lowest BCUT2D eigenvalue weighted by Crippen LogP contribution is -2.35. The van der Waals surface area contributed by atoms with Crippen molar-refractivity contribution in [3.8, 4) is 0 Å². The molecule has 1 fully saturated rings. The Labute approximate surface area is 181 Å². The number of hydrogen-bond donors (Lipinski definition) is 0. The molecule has 0 radical (unpaired) electrons. The van der Waals surface area contributed by atoms with Gasteiger partial charge in [0.05, 0.1) is 27.7 Å². The van der Waals surface area contributed by atoms with E-state index in [1.54, 1.807) is 11.8 Å². The van der Waals surface area contributed by atoms with Crippen molar-refractivity contribution in [2.75, 3.05) is 33.4 Å². The number of rotatable bonds is 19. The molecule has 166 valence electrons. The maximum Gasteiger partial charge on any atom is 0.188 e. The standard InChI is InChI=1S/C25H50NOS/c1-5-6-7-8-10-13-17-23-22-24(23)18-14-11-9-12-15-19-25(27)28-21-16-20-26(2,3)4/h23-24H,5-22H2,1-4H3/q+1. The third-order valence-electron chi connectivity index (χ3n) is 6.19. The average molecular weight is 413 g/mol. The normalized spacial score (nSPS) is 19.1. The molecule has 0 heterocycles. The molecule has 2 unspecified atom stereocenters. The zero-order valence-electron chi connectivity index (χ0n) is 19.6. The van der Waals surface area contributed by atoms with Crippen LogP contribution in [0, 0.1) is 11.8 Å². The van der Waals surface area contributed by atoms with Crippen molar-refractivity contribution in [2.24, 2.45) is 11.8 Å². The lowest BCUT2D eigenvalue weighted by molar-refractivity contribution is -0.870. The van der Waals surface area contributed by atoms with E-state index in [4.69, 9.17) is 0 Å². The summed E-state index contributed by atoms with van der Waals surface area (Å²) in [5, 5.41) is 0.414. The lowest BCUT2D eigenvalue weighted by atomic mass is 10.0. The molecule has 1 aliphatic rings. The van der Waals surface area contributed by atoms with Gasteiger partial charge in [0.15, 0.2) is 5.12 Å². The van der Waals surface area contributed by atoms with E-state index in [0.29, 0.717) is 5.12 Å². The van der Waals surface area contributed by atoms with Crippen LogP contribution in [0.3, 0.4) is 0 Å². The first-order valence-electron chi connectivity index (χ1n) is 12.4. The summed E-state index contributed by atoms with van der Waals surface area (Å²) in [6.45, 7) is 3.45. The highest BCUT2D eigenvalue weighted by atomic mass is 32.2. The van der Waals surface area contributed by atoms with Gasteiger partial charge in [-0.3, -0.25) is 4.79 Å². The number of carbonyl (C=O) groups is 1. The summed E-state index contributed by atoms with van der Waals surface area (Å²) in [4.78, 5) is 11.9. The topological polar surface area (TPSA) is 17.1 Å². The molecule has 0 spiro atoms. The summed E-state index contributed by atoms with van der Waals surface area (Å²) < 4.78 is 0.995. The van der Waals surface area contributed by atoms with Crippen molar-refractivity contribution in [1.82, 2.24) is 0 Å². The van der Waals surface area contributed by atoms with Crippen molar-refractivity contribution in [3.05, 3.63) is 0 Å².